The van der Waals surface area contributed by atoms with Crippen molar-refractivity contribution in [3.05, 3.63) is 29.8 Å². The first-order chi connectivity index (χ1) is 8.67. The Kier molecular flexibility index (Phi) is 6.14. The van der Waals surface area contributed by atoms with E-state index in [1.807, 2.05) is 0 Å². The molecule has 0 aliphatic rings. The van der Waals surface area contributed by atoms with Crippen LogP contribution >= 0.6 is 12.2 Å². The first-order valence-electron chi connectivity index (χ1n) is 5.93. The smallest absolute Gasteiger partial charge is 0.257 e. The number of benzene rings is 1. The largest absolute Gasteiger partial charge is 0.494 e. The average Bonchev–Trinajstić information content (AvgIpc) is 2.39. The molecule has 4 nitrogen and oxygen atoms in total. The van der Waals surface area contributed by atoms with Crippen molar-refractivity contribution in [2.45, 2.75) is 19.8 Å². The van der Waals surface area contributed by atoms with Crippen LogP contribution in [0.5, 0.6) is 5.75 Å². The van der Waals surface area contributed by atoms with Crippen LogP contribution in [0.15, 0.2) is 24.3 Å². The SMILES string of the molecule is CCCCOc1ccc(C(=O)NC(=S)NC)cc1. The summed E-state index contributed by atoms with van der Waals surface area (Å²) in [6.07, 6.45) is 2.13. The lowest BCUT2D eigenvalue weighted by atomic mass is 10.2. The van der Waals surface area contributed by atoms with Crippen LogP contribution in [-0.4, -0.2) is 24.7 Å². The molecule has 0 aliphatic carbocycles. The summed E-state index contributed by atoms with van der Waals surface area (Å²) in [5.74, 6) is 0.547. The van der Waals surface area contributed by atoms with Crippen LogP contribution in [0.3, 0.4) is 0 Å². The summed E-state index contributed by atoms with van der Waals surface area (Å²) in [5, 5.41) is 5.55. The molecule has 1 amide bonds. The van der Waals surface area contributed by atoms with E-state index in [2.05, 4.69) is 17.6 Å². The Morgan fingerprint density at radius 1 is 1.33 bits per heavy atom. The van der Waals surface area contributed by atoms with Crippen molar-refractivity contribution < 1.29 is 9.53 Å². The molecule has 0 atom stereocenters. The molecule has 0 heterocycles. The van der Waals surface area contributed by atoms with Gasteiger partial charge in [-0.1, -0.05) is 13.3 Å². The Morgan fingerprint density at radius 2 is 2.00 bits per heavy atom. The highest BCUT2D eigenvalue weighted by Gasteiger charge is 2.06. The Bertz CT molecular complexity index is 404. The number of carbonyl (C=O) groups is 1. The van der Waals surface area contributed by atoms with E-state index in [0.29, 0.717) is 17.3 Å². The molecule has 1 rings (SSSR count). The fraction of sp³-hybridized carbons (Fsp3) is 0.385. The van der Waals surface area contributed by atoms with E-state index in [9.17, 15) is 4.79 Å². The second-order valence-electron chi connectivity index (χ2n) is 3.76. The first-order valence-corrected chi connectivity index (χ1v) is 6.34. The zero-order valence-electron chi connectivity index (χ0n) is 10.7. The van der Waals surface area contributed by atoms with Gasteiger partial charge in [0.05, 0.1) is 6.61 Å². The van der Waals surface area contributed by atoms with Crippen molar-refractivity contribution in [3.8, 4) is 5.75 Å². The maximum absolute atomic E-state index is 11.7. The Labute approximate surface area is 113 Å². The van der Waals surface area contributed by atoms with E-state index >= 15 is 0 Å². The molecule has 0 unspecified atom stereocenters. The van der Waals surface area contributed by atoms with E-state index in [1.165, 1.54) is 0 Å². The number of carbonyl (C=O) groups excluding carboxylic acids is 1. The quantitative estimate of drug-likeness (QED) is 0.633. The molecule has 0 saturated carbocycles. The van der Waals surface area contributed by atoms with Gasteiger partial charge in [-0.3, -0.25) is 10.1 Å². The van der Waals surface area contributed by atoms with Crippen molar-refractivity contribution in [2.24, 2.45) is 0 Å². The third kappa shape index (κ3) is 4.71. The number of ether oxygens (including phenoxy) is 1. The molecule has 0 saturated heterocycles. The monoisotopic (exact) mass is 266 g/mol. The summed E-state index contributed by atoms with van der Waals surface area (Å²) < 4.78 is 5.51. The fourth-order valence-electron chi connectivity index (χ4n) is 1.27. The molecule has 1 aromatic rings. The van der Waals surface area contributed by atoms with Crippen molar-refractivity contribution in [2.75, 3.05) is 13.7 Å². The molecular weight excluding hydrogens is 248 g/mol. The van der Waals surface area contributed by atoms with E-state index in [1.54, 1.807) is 31.3 Å². The highest BCUT2D eigenvalue weighted by molar-refractivity contribution is 7.80. The molecule has 0 bridgehead atoms. The van der Waals surface area contributed by atoms with Gasteiger partial charge in [0.15, 0.2) is 5.11 Å². The minimum absolute atomic E-state index is 0.227. The number of rotatable bonds is 5. The molecular formula is C13H18N2O2S. The average molecular weight is 266 g/mol. The molecule has 0 radical (unpaired) electrons. The summed E-state index contributed by atoms with van der Waals surface area (Å²) in [4.78, 5) is 11.7. The number of amides is 1. The fourth-order valence-corrected chi connectivity index (χ4v) is 1.37. The number of thiocarbonyl (C=S) groups is 1. The molecule has 0 spiro atoms. The van der Waals surface area contributed by atoms with Gasteiger partial charge in [-0.05, 0) is 42.9 Å². The lowest BCUT2D eigenvalue weighted by Crippen LogP contribution is -2.37. The molecule has 18 heavy (non-hydrogen) atoms. The second kappa shape index (κ2) is 7.66. The normalized spacial score (nSPS) is 9.67. The lowest BCUT2D eigenvalue weighted by molar-refractivity contribution is 0.0977. The molecule has 2 N–H and O–H groups in total. The zero-order chi connectivity index (χ0) is 13.4. The van der Waals surface area contributed by atoms with E-state index in [4.69, 9.17) is 17.0 Å². The minimum atomic E-state index is -0.227. The zero-order valence-corrected chi connectivity index (χ0v) is 11.5. The van der Waals surface area contributed by atoms with Crippen molar-refractivity contribution >= 4 is 23.2 Å². The van der Waals surface area contributed by atoms with Crippen LogP contribution in [0.1, 0.15) is 30.1 Å². The summed E-state index contributed by atoms with van der Waals surface area (Å²) in [6.45, 7) is 2.81. The van der Waals surface area contributed by atoms with E-state index in [0.717, 1.165) is 18.6 Å². The molecule has 0 aromatic heterocycles. The molecule has 0 fully saturated rings. The van der Waals surface area contributed by atoms with Gasteiger partial charge in [0.2, 0.25) is 0 Å². The Hall–Kier alpha value is -1.62. The van der Waals surface area contributed by atoms with Crippen LogP contribution in [0, 0.1) is 0 Å². The predicted octanol–water partition coefficient (Wildman–Crippen LogP) is 2.10. The highest BCUT2D eigenvalue weighted by atomic mass is 32.1. The summed E-state index contributed by atoms with van der Waals surface area (Å²) in [5.41, 5.74) is 0.551. The van der Waals surface area contributed by atoms with Crippen LogP contribution in [0.2, 0.25) is 0 Å². The van der Waals surface area contributed by atoms with Crippen LogP contribution in [0.25, 0.3) is 0 Å². The highest BCUT2D eigenvalue weighted by Crippen LogP contribution is 2.12. The third-order valence-corrected chi connectivity index (χ3v) is 2.64. The summed E-state index contributed by atoms with van der Waals surface area (Å²) in [7, 11) is 1.66. The molecule has 0 aliphatic heterocycles. The summed E-state index contributed by atoms with van der Waals surface area (Å²) >= 11 is 4.86. The Morgan fingerprint density at radius 3 is 2.56 bits per heavy atom. The lowest BCUT2D eigenvalue weighted by Gasteiger charge is -2.07. The van der Waals surface area contributed by atoms with Crippen molar-refractivity contribution in [3.63, 3.8) is 0 Å². The number of nitrogens with one attached hydrogen (secondary N) is 2. The standard InChI is InChI=1S/C13H18N2O2S/c1-3-4-9-17-11-7-5-10(6-8-11)12(16)15-13(18)14-2/h5-8H,3-4,9H2,1-2H3,(H2,14,15,16,18). The minimum Gasteiger partial charge on any atom is -0.494 e. The van der Waals surface area contributed by atoms with Gasteiger partial charge < -0.3 is 10.1 Å². The van der Waals surface area contributed by atoms with Crippen LogP contribution in [0.4, 0.5) is 0 Å². The first kappa shape index (κ1) is 14.4. The molecule has 1 aromatic carbocycles. The maximum Gasteiger partial charge on any atom is 0.257 e. The second-order valence-corrected chi connectivity index (χ2v) is 4.17. The van der Waals surface area contributed by atoms with Gasteiger partial charge in [0.25, 0.3) is 5.91 Å². The third-order valence-electron chi connectivity index (χ3n) is 2.34. The van der Waals surface area contributed by atoms with Crippen LogP contribution < -0.4 is 15.4 Å². The van der Waals surface area contributed by atoms with Crippen LogP contribution in [-0.2, 0) is 0 Å². The van der Waals surface area contributed by atoms with E-state index in [-0.39, 0.29) is 5.91 Å². The van der Waals surface area contributed by atoms with Gasteiger partial charge in [-0.25, -0.2) is 0 Å². The van der Waals surface area contributed by atoms with Gasteiger partial charge in [0.1, 0.15) is 5.75 Å². The topological polar surface area (TPSA) is 50.4 Å². The number of unbranched alkanes of at least 4 members (excludes halogenated alkanes) is 1. The predicted molar refractivity (Wildman–Crippen MR) is 76.0 cm³/mol. The van der Waals surface area contributed by atoms with Gasteiger partial charge in [0, 0.05) is 12.6 Å². The number of hydrogen-bond acceptors (Lipinski definition) is 3. The Balaban J connectivity index is 2.54. The van der Waals surface area contributed by atoms with Gasteiger partial charge >= 0.3 is 0 Å². The van der Waals surface area contributed by atoms with Gasteiger partial charge in [-0.2, -0.15) is 0 Å². The molecule has 5 heteroatoms. The van der Waals surface area contributed by atoms with Gasteiger partial charge in [-0.15, -0.1) is 0 Å². The number of hydrogen-bond donors (Lipinski definition) is 2. The van der Waals surface area contributed by atoms with E-state index < -0.39 is 0 Å². The summed E-state index contributed by atoms with van der Waals surface area (Å²) in [6, 6.07) is 7.00. The maximum atomic E-state index is 11.7. The van der Waals surface area contributed by atoms with Crippen molar-refractivity contribution in [1.82, 2.24) is 10.6 Å². The van der Waals surface area contributed by atoms with Crippen molar-refractivity contribution in [1.29, 1.82) is 0 Å². The molecule has 98 valence electrons.